The van der Waals surface area contributed by atoms with E-state index in [2.05, 4.69) is 10.4 Å². The van der Waals surface area contributed by atoms with E-state index in [0.29, 0.717) is 22.4 Å². The molecule has 204 valence electrons. The Bertz CT molecular complexity index is 1640. The third-order valence-electron chi connectivity index (χ3n) is 6.96. The van der Waals surface area contributed by atoms with Gasteiger partial charge in [0.2, 0.25) is 0 Å². The Labute approximate surface area is 230 Å². The van der Waals surface area contributed by atoms with Crippen molar-refractivity contribution in [1.29, 1.82) is 0 Å². The summed E-state index contributed by atoms with van der Waals surface area (Å²) in [4.78, 5) is 41.8. The van der Waals surface area contributed by atoms with E-state index in [1.165, 1.54) is 29.1 Å². The van der Waals surface area contributed by atoms with Crippen LogP contribution in [0.2, 0.25) is 0 Å². The zero-order valence-electron chi connectivity index (χ0n) is 22.1. The van der Waals surface area contributed by atoms with E-state index in [1.807, 2.05) is 31.2 Å². The van der Waals surface area contributed by atoms with Gasteiger partial charge in [-0.05, 0) is 50.1 Å². The summed E-state index contributed by atoms with van der Waals surface area (Å²) in [7, 11) is 0. The van der Waals surface area contributed by atoms with Crippen molar-refractivity contribution in [2.75, 3.05) is 11.9 Å². The standard InChI is InChI=1S/C30H29N5O5/c1-20-11-13-23(14-12-20)32-28(36)19-40-27-16-15-24(35(38)39)17-22(27)18-31-34-29(21-7-3-2-4-8-21)33-26-10-6-5-9-25(26)30(34)37/h5-6,9-18,21H,2-4,7-8,19H2,1H3,(H,32,36). The summed E-state index contributed by atoms with van der Waals surface area (Å²) in [6.45, 7) is 1.63. The molecule has 0 bridgehead atoms. The highest BCUT2D eigenvalue weighted by atomic mass is 16.6. The average molecular weight is 540 g/mol. The van der Waals surface area contributed by atoms with E-state index < -0.39 is 4.92 Å². The number of anilines is 1. The molecular weight excluding hydrogens is 510 g/mol. The molecule has 0 unspecified atom stereocenters. The van der Waals surface area contributed by atoms with Crippen LogP contribution in [0.5, 0.6) is 5.75 Å². The van der Waals surface area contributed by atoms with Crippen molar-refractivity contribution in [1.82, 2.24) is 9.66 Å². The van der Waals surface area contributed by atoms with Crippen molar-refractivity contribution in [3.63, 3.8) is 0 Å². The number of non-ortho nitro benzene ring substituents is 1. The van der Waals surface area contributed by atoms with Crippen LogP contribution in [0, 0.1) is 17.0 Å². The number of hydrogen-bond acceptors (Lipinski definition) is 7. The lowest BCUT2D eigenvalue weighted by Crippen LogP contribution is -2.25. The molecule has 0 saturated heterocycles. The molecule has 10 heteroatoms. The molecular formula is C30H29N5O5. The van der Waals surface area contributed by atoms with Gasteiger partial charge in [0.1, 0.15) is 11.6 Å². The summed E-state index contributed by atoms with van der Waals surface area (Å²) in [5.74, 6) is 0.480. The number of nitro groups is 1. The van der Waals surface area contributed by atoms with Crippen molar-refractivity contribution < 1.29 is 14.5 Å². The summed E-state index contributed by atoms with van der Waals surface area (Å²) in [5, 5.41) is 19.2. The topological polar surface area (TPSA) is 129 Å². The normalized spacial score (nSPS) is 13.9. The summed E-state index contributed by atoms with van der Waals surface area (Å²) >= 11 is 0. The number of carbonyl (C=O) groups excluding carboxylic acids is 1. The number of nitrogens with zero attached hydrogens (tertiary/aromatic N) is 4. The molecule has 3 aromatic carbocycles. The molecule has 1 fully saturated rings. The highest BCUT2D eigenvalue weighted by Crippen LogP contribution is 2.32. The van der Waals surface area contributed by atoms with Gasteiger partial charge in [0, 0.05) is 29.3 Å². The van der Waals surface area contributed by atoms with Crippen LogP contribution in [0.1, 0.15) is 55.0 Å². The van der Waals surface area contributed by atoms with Gasteiger partial charge in [-0.1, -0.05) is 49.1 Å². The van der Waals surface area contributed by atoms with E-state index in [4.69, 9.17) is 9.72 Å². The SMILES string of the molecule is Cc1ccc(NC(=O)COc2ccc([N+](=O)[O-])cc2C=Nn2c(C3CCCCC3)nc3ccccc3c2=O)cc1. The Hall–Kier alpha value is -4.86. The maximum atomic E-state index is 13.5. The Kier molecular flexibility index (Phi) is 7.95. The number of benzene rings is 3. The predicted molar refractivity (Wildman–Crippen MR) is 153 cm³/mol. The summed E-state index contributed by atoms with van der Waals surface area (Å²) in [6, 6.07) is 18.5. The number of nitro benzene ring substituents is 1. The highest BCUT2D eigenvalue weighted by Gasteiger charge is 2.22. The van der Waals surface area contributed by atoms with Crippen LogP contribution in [0.3, 0.4) is 0 Å². The third kappa shape index (κ3) is 6.06. The van der Waals surface area contributed by atoms with Crippen LogP contribution in [0.4, 0.5) is 11.4 Å². The largest absolute Gasteiger partial charge is 0.483 e. The summed E-state index contributed by atoms with van der Waals surface area (Å²) < 4.78 is 7.03. The van der Waals surface area contributed by atoms with E-state index in [1.54, 1.807) is 24.3 Å². The Morgan fingerprint density at radius 2 is 1.88 bits per heavy atom. The molecule has 1 saturated carbocycles. The van der Waals surface area contributed by atoms with Crippen LogP contribution in [-0.2, 0) is 4.79 Å². The molecule has 0 spiro atoms. The summed E-state index contributed by atoms with van der Waals surface area (Å²) in [5.41, 5.74) is 2.08. The van der Waals surface area contributed by atoms with E-state index in [9.17, 15) is 19.7 Å². The molecule has 1 aliphatic carbocycles. The lowest BCUT2D eigenvalue weighted by atomic mass is 9.88. The second-order valence-electron chi connectivity index (χ2n) is 9.87. The first-order valence-electron chi connectivity index (χ1n) is 13.2. The van der Waals surface area contributed by atoms with Crippen LogP contribution >= 0.6 is 0 Å². The fourth-order valence-electron chi connectivity index (χ4n) is 4.86. The van der Waals surface area contributed by atoms with Gasteiger partial charge < -0.3 is 10.1 Å². The van der Waals surface area contributed by atoms with Crippen LogP contribution in [0.15, 0.2) is 76.6 Å². The molecule has 1 heterocycles. The van der Waals surface area contributed by atoms with Gasteiger partial charge in [0.25, 0.3) is 17.2 Å². The molecule has 40 heavy (non-hydrogen) atoms. The minimum absolute atomic E-state index is 0.0782. The molecule has 1 aliphatic rings. The second-order valence-corrected chi connectivity index (χ2v) is 9.87. The minimum Gasteiger partial charge on any atom is -0.483 e. The molecule has 0 aliphatic heterocycles. The monoisotopic (exact) mass is 539 g/mol. The number of aromatic nitrogens is 2. The Balaban J connectivity index is 1.46. The number of fused-ring (bicyclic) bond motifs is 1. The second kappa shape index (κ2) is 11.9. The zero-order valence-corrected chi connectivity index (χ0v) is 22.1. The number of rotatable bonds is 8. The average Bonchev–Trinajstić information content (AvgIpc) is 2.97. The van der Waals surface area contributed by atoms with Crippen LogP contribution in [0.25, 0.3) is 10.9 Å². The molecule has 5 rings (SSSR count). The lowest BCUT2D eigenvalue weighted by molar-refractivity contribution is -0.384. The number of para-hydroxylation sites is 1. The molecule has 1 N–H and O–H groups in total. The maximum absolute atomic E-state index is 13.5. The van der Waals surface area contributed by atoms with Crippen molar-refractivity contribution in [3.05, 3.63) is 104 Å². The van der Waals surface area contributed by atoms with Crippen molar-refractivity contribution >= 4 is 34.4 Å². The van der Waals surface area contributed by atoms with Crippen molar-refractivity contribution in [3.8, 4) is 5.75 Å². The number of aryl methyl sites for hydroxylation is 1. The first-order valence-corrected chi connectivity index (χ1v) is 13.2. The van der Waals surface area contributed by atoms with Gasteiger partial charge in [0.05, 0.1) is 22.0 Å². The minimum atomic E-state index is -0.525. The van der Waals surface area contributed by atoms with E-state index in [-0.39, 0.29) is 41.0 Å². The van der Waals surface area contributed by atoms with Crippen molar-refractivity contribution in [2.45, 2.75) is 44.9 Å². The molecule has 1 aromatic heterocycles. The summed E-state index contributed by atoms with van der Waals surface area (Å²) in [6.07, 6.45) is 6.40. The van der Waals surface area contributed by atoms with Crippen LogP contribution in [-0.4, -0.2) is 33.3 Å². The molecule has 0 radical (unpaired) electrons. The number of nitrogens with one attached hydrogen (secondary N) is 1. The molecule has 10 nitrogen and oxygen atoms in total. The number of amides is 1. The fraction of sp³-hybridized carbons (Fsp3) is 0.267. The lowest BCUT2D eigenvalue weighted by Gasteiger charge is -2.22. The van der Waals surface area contributed by atoms with Gasteiger partial charge in [-0.15, -0.1) is 0 Å². The number of hydrogen-bond donors (Lipinski definition) is 1. The Morgan fingerprint density at radius 3 is 2.62 bits per heavy atom. The highest BCUT2D eigenvalue weighted by molar-refractivity contribution is 5.92. The van der Waals surface area contributed by atoms with Crippen LogP contribution < -0.4 is 15.6 Å². The quantitative estimate of drug-likeness (QED) is 0.177. The van der Waals surface area contributed by atoms with Gasteiger partial charge >= 0.3 is 0 Å². The third-order valence-corrected chi connectivity index (χ3v) is 6.96. The zero-order chi connectivity index (χ0) is 28.1. The van der Waals surface area contributed by atoms with Gasteiger partial charge in [-0.25, -0.2) is 4.98 Å². The Morgan fingerprint density at radius 1 is 1.12 bits per heavy atom. The first kappa shape index (κ1) is 26.7. The van der Waals surface area contributed by atoms with Gasteiger partial charge in [-0.3, -0.25) is 19.7 Å². The maximum Gasteiger partial charge on any atom is 0.282 e. The predicted octanol–water partition coefficient (Wildman–Crippen LogP) is 5.56. The van der Waals surface area contributed by atoms with Gasteiger partial charge in [0.15, 0.2) is 6.61 Å². The van der Waals surface area contributed by atoms with Gasteiger partial charge in [-0.2, -0.15) is 9.78 Å². The number of ether oxygens (including phenoxy) is 1. The van der Waals surface area contributed by atoms with Crippen molar-refractivity contribution in [2.24, 2.45) is 5.10 Å². The molecule has 0 atom stereocenters. The smallest absolute Gasteiger partial charge is 0.282 e. The van der Waals surface area contributed by atoms with E-state index in [0.717, 1.165) is 37.7 Å². The van der Waals surface area contributed by atoms with E-state index >= 15 is 0 Å². The number of carbonyl (C=O) groups is 1. The molecule has 1 amide bonds. The molecule has 4 aromatic rings. The first-order chi connectivity index (χ1) is 19.4. The fourth-order valence-corrected chi connectivity index (χ4v) is 4.86.